The highest BCUT2D eigenvalue weighted by molar-refractivity contribution is 5.71. The van der Waals surface area contributed by atoms with Crippen molar-refractivity contribution < 1.29 is 28.6 Å². The van der Waals surface area contributed by atoms with Crippen molar-refractivity contribution in [3.63, 3.8) is 0 Å². The van der Waals surface area contributed by atoms with Crippen molar-refractivity contribution in [2.24, 2.45) is 0 Å². The second-order valence-electron chi connectivity index (χ2n) is 17.4. The molecular formula is C60H98O6. The van der Waals surface area contributed by atoms with Gasteiger partial charge >= 0.3 is 17.9 Å². The first kappa shape index (κ1) is 62.1. The molecule has 0 saturated carbocycles. The minimum Gasteiger partial charge on any atom is -0.462 e. The van der Waals surface area contributed by atoms with Gasteiger partial charge < -0.3 is 14.2 Å². The van der Waals surface area contributed by atoms with Crippen LogP contribution in [-0.2, 0) is 28.6 Å². The third-order valence-electron chi connectivity index (χ3n) is 11.0. The van der Waals surface area contributed by atoms with Gasteiger partial charge in [0.2, 0.25) is 0 Å². The maximum Gasteiger partial charge on any atom is 0.306 e. The number of carbonyl (C=O) groups excluding carboxylic acids is 3. The Kier molecular flexibility index (Phi) is 50.5. The number of hydrogen-bond donors (Lipinski definition) is 0. The Morgan fingerprint density at radius 1 is 0.318 bits per heavy atom. The van der Waals surface area contributed by atoms with Crippen molar-refractivity contribution in [1.82, 2.24) is 0 Å². The lowest BCUT2D eigenvalue weighted by atomic mass is 10.1. The summed E-state index contributed by atoms with van der Waals surface area (Å²) < 4.78 is 16.8. The van der Waals surface area contributed by atoms with E-state index in [4.69, 9.17) is 14.2 Å². The quantitative estimate of drug-likeness (QED) is 0.0262. The van der Waals surface area contributed by atoms with E-state index in [9.17, 15) is 14.4 Å². The summed E-state index contributed by atoms with van der Waals surface area (Å²) in [6.07, 6.45) is 72.1. The molecule has 0 rings (SSSR count). The number of hydrogen-bond acceptors (Lipinski definition) is 6. The molecule has 0 radical (unpaired) electrons. The SMILES string of the molecule is CC/C=C\C/C=C\C/C=C\C/C=C\C/C=C\CCCCCC(=O)OC[C@@H](COC(=O)CCCCCCC/C=C\C/C=C\CCCC)OC(=O)CCCCCCC/C=C\C/C=C\CCCCC. The molecule has 0 fully saturated rings. The van der Waals surface area contributed by atoms with Crippen LogP contribution in [0.15, 0.2) is 109 Å². The third-order valence-corrected chi connectivity index (χ3v) is 11.0. The van der Waals surface area contributed by atoms with E-state index in [-0.39, 0.29) is 31.1 Å². The minimum absolute atomic E-state index is 0.104. The summed E-state index contributed by atoms with van der Waals surface area (Å²) in [5.74, 6) is -0.967. The van der Waals surface area contributed by atoms with E-state index in [1.165, 1.54) is 44.9 Å². The topological polar surface area (TPSA) is 78.9 Å². The minimum atomic E-state index is -0.807. The standard InChI is InChI=1S/C60H98O6/c1-4-7-10-13-16-19-22-25-28-29-30-31-33-35-38-41-44-47-50-53-59(62)65-56-57(55-64-58(61)52-49-46-43-40-37-34-27-24-21-18-15-12-9-6-3)66-60(63)54-51-48-45-42-39-36-32-26-23-20-17-14-11-8-5-2/h7,10,15-20,24-28,30-32,35,38,57H,4-6,8-9,11-14,21-23,29,33-34,36-37,39-56H2,1-3H3/b10-7-,18-15-,19-16-,20-17-,27-24-,28-25-,31-30-,32-26-,38-35-/t57-/m1/s1. The molecule has 6 nitrogen and oxygen atoms in total. The van der Waals surface area contributed by atoms with E-state index in [0.29, 0.717) is 19.3 Å². The monoisotopic (exact) mass is 915 g/mol. The van der Waals surface area contributed by atoms with Crippen LogP contribution in [0.4, 0.5) is 0 Å². The zero-order valence-corrected chi connectivity index (χ0v) is 42.7. The molecule has 0 aliphatic rings. The number of allylic oxidation sites excluding steroid dienone is 18. The van der Waals surface area contributed by atoms with Gasteiger partial charge in [-0.1, -0.05) is 201 Å². The van der Waals surface area contributed by atoms with E-state index in [1.807, 2.05) is 0 Å². The molecule has 0 aromatic heterocycles. The highest BCUT2D eigenvalue weighted by atomic mass is 16.6. The molecule has 0 aliphatic heterocycles. The maximum absolute atomic E-state index is 12.8. The Bertz CT molecular complexity index is 1370. The number of carbonyl (C=O) groups is 3. The average Bonchev–Trinajstić information content (AvgIpc) is 3.31. The molecule has 0 N–H and O–H groups in total. The summed E-state index contributed by atoms with van der Waals surface area (Å²) in [6, 6.07) is 0. The summed E-state index contributed by atoms with van der Waals surface area (Å²) in [5.41, 5.74) is 0. The first-order valence-electron chi connectivity index (χ1n) is 26.9. The van der Waals surface area contributed by atoms with E-state index in [2.05, 4.69) is 130 Å². The van der Waals surface area contributed by atoms with Gasteiger partial charge in [0.05, 0.1) is 0 Å². The van der Waals surface area contributed by atoms with E-state index >= 15 is 0 Å². The first-order valence-corrected chi connectivity index (χ1v) is 26.9. The molecular weight excluding hydrogens is 817 g/mol. The zero-order chi connectivity index (χ0) is 47.9. The van der Waals surface area contributed by atoms with E-state index < -0.39 is 6.10 Å². The predicted molar refractivity (Wildman–Crippen MR) is 283 cm³/mol. The Labute approximate surface area is 406 Å². The van der Waals surface area contributed by atoms with Gasteiger partial charge in [-0.2, -0.15) is 0 Å². The molecule has 0 aromatic carbocycles. The van der Waals surface area contributed by atoms with Gasteiger partial charge in [-0.3, -0.25) is 14.4 Å². The number of rotatable bonds is 47. The van der Waals surface area contributed by atoms with Crippen molar-refractivity contribution in [2.75, 3.05) is 13.2 Å². The fourth-order valence-corrected chi connectivity index (χ4v) is 6.93. The molecule has 0 spiro atoms. The smallest absolute Gasteiger partial charge is 0.306 e. The van der Waals surface area contributed by atoms with Crippen LogP contribution in [0.1, 0.15) is 233 Å². The second-order valence-corrected chi connectivity index (χ2v) is 17.4. The van der Waals surface area contributed by atoms with E-state index in [1.54, 1.807) is 0 Å². The summed E-state index contributed by atoms with van der Waals surface area (Å²) in [5, 5.41) is 0. The van der Waals surface area contributed by atoms with Crippen LogP contribution in [0.2, 0.25) is 0 Å². The molecule has 6 heteroatoms. The summed E-state index contributed by atoms with van der Waals surface area (Å²) >= 11 is 0. The molecule has 1 atom stereocenters. The Morgan fingerprint density at radius 3 is 0.985 bits per heavy atom. The van der Waals surface area contributed by atoms with Gasteiger partial charge in [0.15, 0.2) is 6.10 Å². The largest absolute Gasteiger partial charge is 0.462 e. The molecule has 0 saturated heterocycles. The van der Waals surface area contributed by atoms with Crippen LogP contribution >= 0.6 is 0 Å². The molecule has 66 heavy (non-hydrogen) atoms. The lowest BCUT2D eigenvalue weighted by Crippen LogP contribution is -2.30. The normalized spacial score (nSPS) is 13.0. The fraction of sp³-hybridized carbons (Fsp3) is 0.650. The summed E-state index contributed by atoms with van der Waals surface area (Å²) in [7, 11) is 0. The highest BCUT2D eigenvalue weighted by Gasteiger charge is 2.19. The molecule has 0 bridgehead atoms. The third kappa shape index (κ3) is 51.1. The van der Waals surface area contributed by atoms with Crippen LogP contribution in [0, 0.1) is 0 Å². The van der Waals surface area contributed by atoms with Crippen molar-refractivity contribution in [1.29, 1.82) is 0 Å². The van der Waals surface area contributed by atoms with Gasteiger partial charge in [0.25, 0.3) is 0 Å². The van der Waals surface area contributed by atoms with Crippen LogP contribution < -0.4 is 0 Å². The fourth-order valence-electron chi connectivity index (χ4n) is 6.93. The second kappa shape index (κ2) is 53.7. The van der Waals surface area contributed by atoms with Crippen LogP contribution in [0.3, 0.4) is 0 Å². The van der Waals surface area contributed by atoms with Crippen LogP contribution in [0.25, 0.3) is 0 Å². The average molecular weight is 915 g/mol. The van der Waals surface area contributed by atoms with Crippen LogP contribution in [0.5, 0.6) is 0 Å². The molecule has 0 amide bonds. The number of unbranched alkanes of at least 4 members (excludes halogenated alkanes) is 18. The summed E-state index contributed by atoms with van der Waals surface area (Å²) in [6.45, 7) is 6.40. The molecule has 0 unspecified atom stereocenters. The van der Waals surface area contributed by atoms with Gasteiger partial charge in [-0.05, 0) is 122 Å². The number of ether oxygens (including phenoxy) is 3. The van der Waals surface area contributed by atoms with Gasteiger partial charge in [-0.25, -0.2) is 0 Å². The van der Waals surface area contributed by atoms with Crippen molar-refractivity contribution in [3.8, 4) is 0 Å². The van der Waals surface area contributed by atoms with Gasteiger partial charge in [0, 0.05) is 19.3 Å². The molecule has 0 aromatic rings. The molecule has 0 heterocycles. The predicted octanol–water partition coefficient (Wildman–Crippen LogP) is 17.9. The van der Waals surface area contributed by atoms with Crippen LogP contribution in [-0.4, -0.2) is 37.2 Å². The molecule has 374 valence electrons. The van der Waals surface area contributed by atoms with Gasteiger partial charge in [-0.15, -0.1) is 0 Å². The van der Waals surface area contributed by atoms with Crippen molar-refractivity contribution in [2.45, 2.75) is 239 Å². The lowest BCUT2D eigenvalue weighted by molar-refractivity contribution is -0.167. The molecule has 0 aliphatic carbocycles. The Hall–Kier alpha value is -3.93. The Morgan fingerprint density at radius 2 is 0.606 bits per heavy atom. The number of esters is 3. The Balaban J connectivity index is 4.50. The van der Waals surface area contributed by atoms with E-state index in [0.717, 1.165) is 148 Å². The van der Waals surface area contributed by atoms with Gasteiger partial charge in [0.1, 0.15) is 13.2 Å². The van der Waals surface area contributed by atoms with Crippen molar-refractivity contribution >= 4 is 17.9 Å². The zero-order valence-electron chi connectivity index (χ0n) is 42.7. The lowest BCUT2D eigenvalue weighted by Gasteiger charge is -2.18. The maximum atomic E-state index is 12.8. The van der Waals surface area contributed by atoms with Crippen molar-refractivity contribution in [3.05, 3.63) is 109 Å². The first-order chi connectivity index (χ1) is 32.5. The highest BCUT2D eigenvalue weighted by Crippen LogP contribution is 2.13. The summed E-state index contributed by atoms with van der Waals surface area (Å²) in [4.78, 5) is 38.1.